The third-order valence-corrected chi connectivity index (χ3v) is 4.67. The van der Waals surface area contributed by atoms with Gasteiger partial charge in [-0.2, -0.15) is 0 Å². The number of rotatable bonds is 3. The number of anilines is 1. The van der Waals surface area contributed by atoms with Crippen molar-refractivity contribution in [2.45, 2.75) is 20.8 Å². The van der Waals surface area contributed by atoms with Crippen molar-refractivity contribution in [1.82, 2.24) is 19.5 Å². The van der Waals surface area contributed by atoms with E-state index in [9.17, 15) is 4.79 Å². The van der Waals surface area contributed by atoms with Crippen LogP contribution in [0.5, 0.6) is 0 Å². The number of aromatic nitrogens is 4. The van der Waals surface area contributed by atoms with Crippen LogP contribution in [0.2, 0.25) is 0 Å². The van der Waals surface area contributed by atoms with Crippen LogP contribution in [0, 0.1) is 24.3 Å². The first-order chi connectivity index (χ1) is 11.5. The average molecular weight is 433 g/mol. The summed E-state index contributed by atoms with van der Waals surface area (Å²) in [5, 5.41) is 2.82. The molecule has 3 aromatic rings. The van der Waals surface area contributed by atoms with Crippen LogP contribution in [0.4, 0.5) is 5.69 Å². The first-order valence-electron chi connectivity index (χ1n) is 7.38. The normalized spacial score (nSPS) is 10.7. The molecule has 0 saturated heterocycles. The zero-order valence-corrected chi connectivity index (χ0v) is 15.7. The maximum Gasteiger partial charge on any atom is 0.256 e. The van der Waals surface area contributed by atoms with Crippen LogP contribution in [0.3, 0.4) is 0 Å². The van der Waals surface area contributed by atoms with Gasteiger partial charge in [-0.3, -0.25) is 9.36 Å². The van der Waals surface area contributed by atoms with Gasteiger partial charge in [0.25, 0.3) is 5.91 Å². The number of imidazole rings is 1. The SMILES string of the molecule is Cc1nc(C)n(-c2ncc(NC(=O)c3ccccc3I)cn2)c1C. The minimum Gasteiger partial charge on any atom is -0.319 e. The van der Waals surface area contributed by atoms with Crippen LogP contribution in [0.1, 0.15) is 27.6 Å². The van der Waals surface area contributed by atoms with E-state index in [1.165, 1.54) is 0 Å². The molecule has 7 heteroatoms. The van der Waals surface area contributed by atoms with Crippen LogP contribution in [-0.2, 0) is 0 Å². The Morgan fingerprint density at radius 2 is 1.79 bits per heavy atom. The largest absolute Gasteiger partial charge is 0.319 e. The third-order valence-electron chi connectivity index (χ3n) is 3.73. The van der Waals surface area contributed by atoms with E-state index < -0.39 is 0 Å². The first-order valence-corrected chi connectivity index (χ1v) is 8.46. The number of carbonyl (C=O) groups excluding carboxylic acids is 1. The Hall–Kier alpha value is -2.29. The fraction of sp³-hybridized carbons (Fsp3) is 0.176. The Kier molecular flexibility index (Phi) is 4.61. The quantitative estimate of drug-likeness (QED) is 0.643. The van der Waals surface area contributed by atoms with Crippen molar-refractivity contribution in [3.05, 3.63) is 63.0 Å². The Bertz CT molecular complexity index is 902. The molecule has 0 spiro atoms. The predicted molar refractivity (Wildman–Crippen MR) is 100 cm³/mol. The van der Waals surface area contributed by atoms with Crippen molar-refractivity contribution in [2.24, 2.45) is 0 Å². The van der Waals surface area contributed by atoms with Crippen molar-refractivity contribution in [2.75, 3.05) is 5.32 Å². The number of hydrogen-bond acceptors (Lipinski definition) is 4. The van der Waals surface area contributed by atoms with Crippen LogP contribution in [0.15, 0.2) is 36.7 Å². The number of halogens is 1. The third kappa shape index (κ3) is 3.16. The fourth-order valence-electron chi connectivity index (χ4n) is 2.42. The Morgan fingerprint density at radius 3 is 2.38 bits per heavy atom. The zero-order chi connectivity index (χ0) is 17.3. The summed E-state index contributed by atoms with van der Waals surface area (Å²) in [4.78, 5) is 25.4. The molecule has 0 radical (unpaired) electrons. The molecule has 0 aliphatic heterocycles. The Morgan fingerprint density at radius 1 is 1.12 bits per heavy atom. The van der Waals surface area contributed by atoms with Gasteiger partial charge in [0.15, 0.2) is 0 Å². The molecule has 0 fully saturated rings. The number of hydrogen-bond donors (Lipinski definition) is 1. The van der Waals surface area contributed by atoms with Gasteiger partial charge in [-0.05, 0) is 55.5 Å². The van der Waals surface area contributed by atoms with E-state index in [4.69, 9.17) is 0 Å². The molecule has 1 aromatic carbocycles. The summed E-state index contributed by atoms with van der Waals surface area (Å²) < 4.78 is 2.78. The van der Waals surface area contributed by atoms with Crippen molar-refractivity contribution in [3.8, 4) is 5.95 Å². The molecular formula is C17H16IN5O. The standard InChI is InChI=1S/C17H16IN5O/c1-10-11(2)23(12(3)21-10)17-19-8-13(9-20-17)22-16(24)14-6-4-5-7-15(14)18/h4-9H,1-3H3,(H,22,24). The van der Waals surface area contributed by atoms with E-state index in [0.717, 1.165) is 20.8 Å². The topological polar surface area (TPSA) is 72.7 Å². The highest BCUT2D eigenvalue weighted by atomic mass is 127. The van der Waals surface area contributed by atoms with Gasteiger partial charge < -0.3 is 5.32 Å². The van der Waals surface area contributed by atoms with E-state index in [0.29, 0.717) is 17.2 Å². The minimum absolute atomic E-state index is 0.179. The smallest absolute Gasteiger partial charge is 0.256 e. The molecular weight excluding hydrogens is 417 g/mol. The van der Waals surface area contributed by atoms with Crippen LogP contribution >= 0.6 is 22.6 Å². The molecule has 24 heavy (non-hydrogen) atoms. The minimum atomic E-state index is -0.179. The number of nitrogens with one attached hydrogen (secondary N) is 1. The van der Waals surface area contributed by atoms with Crippen molar-refractivity contribution in [3.63, 3.8) is 0 Å². The van der Waals surface area contributed by atoms with E-state index in [2.05, 4.69) is 42.9 Å². The molecule has 2 aromatic heterocycles. The highest BCUT2D eigenvalue weighted by Crippen LogP contribution is 2.16. The van der Waals surface area contributed by atoms with E-state index >= 15 is 0 Å². The summed E-state index contributed by atoms with van der Waals surface area (Å²) in [6.45, 7) is 5.84. The van der Waals surface area contributed by atoms with Gasteiger partial charge in [-0.25, -0.2) is 15.0 Å². The molecule has 0 aliphatic carbocycles. The summed E-state index contributed by atoms with van der Waals surface area (Å²) in [7, 11) is 0. The second-order valence-electron chi connectivity index (χ2n) is 5.37. The summed E-state index contributed by atoms with van der Waals surface area (Å²) in [5.41, 5.74) is 3.13. The number of amides is 1. The number of benzene rings is 1. The molecule has 1 amide bonds. The number of aryl methyl sites for hydroxylation is 2. The summed E-state index contributed by atoms with van der Waals surface area (Å²) in [6, 6.07) is 7.41. The Labute approximate surface area is 153 Å². The average Bonchev–Trinajstić information content (AvgIpc) is 2.81. The highest BCUT2D eigenvalue weighted by molar-refractivity contribution is 14.1. The van der Waals surface area contributed by atoms with Crippen LogP contribution in [0.25, 0.3) is 5.95 Å². The van der Waals surface area contributed by atoms with E-state index in [1.807, 2.05) is 43.5 Å². The molecule has 0 bridgehead atoms. The molecule has 0 aliphatic rings. The molecule has 122 valence electrons. The maximum atomic E-state index is 12.3. The summed E-state index contributed by atoms with van der Waals surface area (Å²) >= 11 is 2.14. The van der Waals surface area contributed by atoms with Crippen molar-refractivity contribution in [1.29, 1.82) is 0 Å². The molecule has 0 unspecified atom stereocenters. The highest BCUT2D eigenvalue weighted by Gasteiger charge is 2.13. The van der Waals surface area contributed by atoms with Crippen LogP contribution < -0.4 is 5.32 Å². The van der Waals surface area contributed by atoms with Gasteiger partial charge in [0, 0.05) is 9.26 Å². The molecule has 3 rings (SSSR count). The zero-order valence-electron chi connectivity index (χ0n) is 13.5. The number of carbonyl (C=O) groups is 1. The molecule has 1 N–H and O–H groups in total. The lowest BCUT2D eigenvalue weighted by molar-refractivity contribution is 0.102. The second kappa shape index (κ2) is 6.68. The molecule has 0 saturated carbocycles. The lowest BCUT2D eigenvalue weighted by Crippen LogP contribution is -2.14. The van der Waals surface area contributed by atoms with Crippen molar-refractivity contribution >= 4 is 34.2 Å². The van der Waals surface area contributed by atoms with Crippen LogP contribution in [-0.4, -0.2) is 25.4 Å². The lowest BCUT2D eigenvalue weighted by atomic mass is 10.2. The molecule has 0 atom stereocenters. The second-order valence-corrected chi connectivity index (χ2v) is 6.53. The monoisotopic (exact) mass is 433 g/mol. The van der Waals surface area contributed by atoms with Gasteiger partial charge in [0.05, 0.1) is 29.3 Å². The van der Waals surface area contributed by atoms with Gasteiger partial charge in [-0.1, -0.05) is 12.1 Å². The summed E-state index contributed by atoms with van der Waals surface area (Å²) in [5.74, 6) is 1.20. The van der Waals surface area contributed by atoms with Gasteiger partial charge in [0.2, 0.25) is 5.95 Å². The number of nitrogens with zero attached hydrogens (tertiary/aromatic N) is 4. The van der Waals surface area contributed by atoms with E-state index in [1.54, 1.807) is 18.5 Å². The fourth-order valence-corrected chi connectivity index (χ4v) is 3.05. The molecule has 6 nitrogen and oxygen atoms in total. The summed E-state index contributed by atoms with van der Waals surface area (Å²) in [6.07, 6.45) is 3.20. The van der Waals surface area contributed by atoms with Gasteiger partial charge in [-0.15, -0.1) is 0 Å². The van der Waals surface area contributed by atoms with E-state index in [-0.39, 0.29) is 5.91 Å². The Balaban J connectivity index is 1.83. The van der Waals surface area contributed by atoms with Gasteiger partial charge >= 0.3 is 0 Å². The maximum absolute atomic E-state index is 12.3. The first kappa shape index (κ1) is 16.6. The van der Waals surface area contributed by atoms with Gasteiger partial charge in [0.1, 0.15) is 5.82 Å². The van der Waals surface area contributed by atoms with Crippen molar-refractivity contribution < 1.29 is 4.79 Å². The predicted octanol–water partition coefficient (Wildman–Crippen LogP) is 3.44. The molecule has 2 heterocycles. The lowest BCUT2D eigenvalue weighted by Gasteiger charge is -2.08.